The predicted octanol–water partition coefficient (Wildman–Crippen LogP) is 4.10. The Labute approximate surface area is 158 Å². The smallest absolute Gasteiger partial charge is 0.337 e. The van der Waals surface area contributed by atoms with E-state index in [-0.39, 0.29) is 5.57 Å². The lowest BCUT2D eigenvalue weighted by Gasteiger charge is -2.19. The van der Waals surface area contributed by atoms with Gasteiger partial charge in [0.15, 0.2) is 11.5 Å². The molecule has 0 unspecified atom stereocenters. The van der Waals surface area contributed by atoms with Crippen molar-refractivity contribution in [2.24, 2.45) is 0 Å². The van der Waals surface area contributed by atoms with Crippen LogP contribution in [0.3, 0.4) is 0 Å². The van der Waals surface area contributed by atoms with E-state index >= 15 is 0 Å². The minimum atomic E-state index is -0.968. The second-order valence-electron chi connectivity index (χ2n) is 5.59. The number of para-hydroxylation sites is 1. The van der Waals surface area contributed by atoms with Crippen molar-refractivity contribution in [1.29, 1.82) is 0 Å². The van der Waals surface area contributed by atoms with Gasteiger partial charge < -0.3 is 19.5 Å². The maximum Gasteiger partial charge on any atom is 0.337 e. The number of ether oxygens (including phenoxy) is 2. The van der Waals surface area contributed by atoms with Crippen LogP contribution in [0.2, 0.25) is 0 Å². The first-order valence-electron chi connectivity index (χ1n) is 8.61. The average Bonchev–Trinajstić information content (AvgIpc) is 3.17. The molecule has 0 saturated heterocycles. The lowest BCUT2D eigenvalue weighted by Crippen LogP contribution is -2.28. The van der Waals surface area contributed by atoms with E-state index in [4.69, 9.17) is 9.47 Å². The summed E-state index contributed by atoms with van der Waals surface area (Å²) in [6.07, 6.45) is 1.64. The minimum absolute atomic E-state index is 0.238. The molecule has 5 nitrogen and oxygen atoms in total. The number of benzene rings is 1. The second kappa shape index (κ2) is 9.99. The molecule has 0 bridgehead atoms. The Morgan fingerprint density at radius 1 is 1.23 bits per heavy atom. The van der Waals surface area contributed by atoms with E-state index in [2.05, 4.69) is 18.7 Å². The molecule has 26 heavy (non-hydrogen) atoms. The number of methoxy groups -OCH3 is 1. The van der Waals surface area contributed by atoms with Gasteiger partial charge in [0.1, 0.15) is 6.61 Å². The zero-order valence-electron chi connectivity index (χ0n) is 15.4. The number of carbonyl (C=O) groups is 1. The zero-order valence-corrected chi connectivity index (χ0v) is 16.2. The fraction of sp³-hybridized carbons (Fsp3) is 0.350. The van der Waals surface area contributed by atoms with Gasteiger partial charge in [-0.1, -0.05) is 32.0 Å². The highest BCUT2D eigenvalue weighted by Gasteiger charge is 2.15. The van der Waals surface area contributed by atoms with Crippen LogP contribution in [0, 0.1) is 0 Å². The van der Waals surface area contributed by atoms with Gasteiger partial charge in [0.2, 0.25) is 0 Å². The van der Waals surface area contributed by atoms with E-state index < -0.39 is 5.97 Å². The van der Waals surface area contributed by atoms with Crippen molar-refractivity contribution in [3.8, 4) is 11.5 Å². The summed E-state index contributed by atoms with van der Waals surface area (Å²) in [5.41, 5.74) is 0.927. The van der Waals surface area contributed by atoms with Crippen molar-refractivity contribution >= 4 is 29.0 Å². The fourth-order valence-corrected chi connectivity index (χ4v) is 3.34. The summed E-state index contributed by atoms with van der Waals surface area (Å²) in [6, 6.07) is 9.12. The Balaban J connectivity index is 2.33. The molecule has 1 aromatic carbocycles. The first-order valence-corrected chi connectivity index (χ1v) is 9.49. The van der Waals surface area contributed by atoms with Gasteiger partial charge >= 0.3 is 5.97 Å². The quantitative estimate of drug-likeness (QED) is 0.634. The Hall–Kier alpha value is -2.31. The van der Waals surface area contributed by atoms with E-state index in [1.54, 1.807) is 19.3 Å². The predicted molar refractivity (Wildman–Crippen MR) is 106 cm³/mol. The molecule has 1 N–H and O–H groups in total. The number of thiophene rings is 1. The minimum Gasteiger partial charge on any atom is -0.493 e. The van der Waals surface area contributed by atoms with E-state index in [0.717, 1.165) is 19.6 Å². The molecule has 0 fully saturated rings. The summed E-state index contributed by atoms with van der Waals surface area (Å²) in [6.45, 7) is 7.44. The van der Waals surface area contributed by atoms with E-state index in [9.17, 15) is 9.90 Å². The highest BCUT2D eigenvalue weighted by molar-refractivity contribution is 7.11. The van der Waals surface area contributed by atoms with Crippen LogP contribution in [0.1, 0.15) is 24.3 Å². The summed E-state index contributed by atoms with van der Waals surface area (Å²) in [5.74, 6) is 0.191. The Morgan fingerprint density at radius 2 is 2.00 bits per heavy atom. The van der Waals surface area contributed by atoms with E-state index in [0.29, 0.717) is 28.5 Å². The largest absolute Gasteiger partial charge is 0.493 e. The maximum absolute atomic E-state index is 11.7. The number of hydrogen-bond acceptors (Lipinski definition) is 5. The van der Waals surface area contributed by atoms with E-state index in [1.165, 1.54) is 11.3 Å². The van der Waals surface area contributed by atoms with Gasteiger partial charge in [-0.25, -0.2) is 4.79 Å². The van der Waals surface area contributed by atoms with Crippen molar-refractivity contribution < 1.29 is 19.4 Å². The molecule has 0 amide bonds. The normalized spacial score (nSPS) is 11.6. The number of likely N-dealkylation sites (N-methyl/N-ethyl adjacent to an activating group) is 1. The topological polar surface area (TPSA) is 59.0 Å². The zero-order chi connectivity index (χ0) is 18.9. The lowest BCUT2D eigenvalue weighted by atomic mass is 10.1. The Kier molecular flexibility index (Phi) is 7.69. The molecule has 6 heteroatoms. The number of carboxylic acids is 1. The molecule has 0 aliphatic heterocycles. The van der Waals surface area contributed by atoms with Gasteiger partial charge in [-0.2, -0.15) is 0 Å². The van der Waals surface area contributed by atoms with Crippen molar-refractivity contribution in [1.82, 2.24) is 4.90 Å². The van der Waals surface area contributed by atoms with Crippen LogP contribution >= 0.6 is 11.3 Å². The third kappa shape index (κ3) is 5.09. The molecule has 140 valence electrons. The average molecular weight is 375 g/mol. The summed E-state index contributed by atoms with van der Waals surface area (Å²) < 4.78 is 11.4. The van der Waals surface area contributed by atoms with Crippen LogP contribution in [-0.4, -0.2) is 49.3 Å². The lowest BCUT2D eigenvalue weighted by molar-refractivity contribution is -0.130. The molecular weight excluding hydrogens is 350 g/mol. The molecule has 0 spiro atoms. The van der Waals surface area contributed by atoms with Gasteiger partial charge in [0, 0.05) is 17.0 Å². The SMILES string of the molecule is CCN(CC)CCOc1c(/C=C(\C(=O)O)c2cccs2)cccc1OC. The van der Waals surface area contributed by atoms with Crippen LogP contribution in [-0.2, 0) is 4.79 Å². The molecule has 2 rings (SSSR count). The first-order chi connectivity index (χ1) is 12.6. The van der Waals surface area contributed by atoms with E-state index in [1.807, 2.05) is 29.6 Å². The number of carboxylic acid groups (broad SMARTS) is 1. The fourth-order valence-electron chi connectivity index (χ4n) is 2.60. The van der Waals surface area contributed by atoms with Crippen LogP contribution < -0.4 is 9.47 Å². The number of aliphatic carboxylic acids is 1. The Morgan fingerprint density at radius 3 is 2.58 bits per heavy atom. The summed E-state index contributed by atoms with van der Waals surface area (Å²) >= 11 is 1.39. The molecule has 0 aliphatic carbocycles. The van der Waals surface area contributed by atoms with Gasteiger partial charge in [-0.05, 0) is 36.7 Å². The standard InChI is InChI=1S/C20H25NO4S/c1-4-21(5-2)11-12-25-19-15(8-6-9-17(19)24-3)14-16(20(22)23)18-10-7-13-26-18/h6-10,13-14H,4-5,11-12H2,1-3H3,(H,22,23)/b16-14-. The third-order valence-corrected chi connectivity index (χ3v) is 5.00. The van der Waals surface area contributed by atoms with Crippen LogP contribution in [0.25, 0.3) is 11.6 Å². The second-order valence-corrected chi connectivity index (χ2v) is 6.54. The molecular formula is C20H25NO4S. The maximum atomic E-state index is 11.7. The summed E-state index contributed by atoms with van der Waals surface area (Å²) in [5, 5.41) is 11.5. The van der Waals surface area contributed by atoms with Crippen molar-refractivity contribution in [2.75, 3.05) is 33.4 Å². The van der Waals surface area contributed by atoms with Crippen molar-refractivity contribution in [3.05, 3.63) is 46.2 Å². The van der Waals surface area contributed by atoms with Gasteiger partial charge in [0.05, 0.1) is 12.7 Å². The molecule has 2 aromatic rings. The third-order valence-electron chi connectivity index (χ3n) is 4.09. The number of nitrogens with zero attached hydrogens (tertiary/aromatic N) is 1. The van der Waals surface area contributed by atoms with Gasteiger partial charge in [-0.15, -0.1) is 11.3 Å². The first kappa shape index (κ1) is 20.0. The van der Waals surface area contributed by atoms with Crippen molar-refractivity contribution in [2.45, 2.75) is 13.8 Å². The monoisotopic (exact) mass is 375 g/mol. The van der Waals surface area contributed by atoms with Crippen LogP contribution in [0.5, 0.6) is 11.5 Å². The van der Waals surface area contributed by atoms with Gasteiger partial charge in [-0.3, -0.25) is 0 Å². The molecule has 1 aromatic heterocycles. The summed E-state index contributed by atoms with van der Waals surface area (Å²) in [7, 11) is 1.58. The van der Waals surface area contributed by atoms with Crippen LogP contribution in [0.15, 0.2) is 35.7 Å². The number of hydrogen-bond donors (Lipinski definition) is 1. The molecule has 0 radical (unpaired) electrons. The highest BCUT2D eigenvalue weighted by Crippen LogP contribution is 2.34. The number of rotatable bonds is 10. The van der Waals surface area contributed by atoms with Crippen molar-refractivity contribution in [3.63, 3.8) is 0 Å². The highest BCUT2D eigenvalue weighted by atomic mass is 32.1. The molecule has 0 atom stereocenters. The van der Waals surface area contributed by atoms with Gasteiger partial charge in [0.25, 0.3) is 0 Å². The molecule has 1 heterocycles. The Bertz CT molecular complexity index is 736. The summed E-state index contributed by atoms with van der Waals surface area (Å²) in [4.78, 5) is 14.7. The molecule has 0 saturated carbocycles. The molecule has 0 aliphatic rings. The van der Waals surface area contributed by atoms with Crippen LogP contribution in [0.4, 0.5) is 0 Å².